The second kappa shape index (κ2) is 4.09. The average Bonchev–Trinajstić information content (AvgIpc) is 2.08. The first-order valence-electron chi connectivity index (χ1n) is 4.38. The molecular weight excluding hydrogens is 182 g/mol. The summed E-state index contributed by atoms with van der Waals surface area (Å²) in [5.41, 5.74) is 0.578. The molecule has 0 aromatic carbocycles. The van der Waals surface area contributed by atoms with E-state index in [1.807, 2.05) is 0 Å². The Bertz CT molecular complexity index is 347. The van der Waals surface area contributed by atoms with E-state index in [1.165, 1.54) is 12.3 Å². The van der Waals surface area contributed by atoms with Crippen molar-refractivity contribution in [2.45, 2.75) is 26.9 Å². The highest BCUT2D eigenvalue weighted by atomic mass is 16.5. The van der Waals surface area contributed by atoms with Crippen LogP contribution in [0.25, 0.3) is 0 Å². The van der Waals surface area contributed by atoms with Gasteiger partial charge in [0.2, 0.25) is 0 Å². The third-order valence-corrected chi connectivity index (χ3v) is 1.67. The molecule has 0 radical (unpaired) electrons. The molecule has 76 valence electrons. The summed E-state index contributed by atoms with van der Waals surface area (Å²) in [4.78, 5) is 15.3. The lowest BCUT2D eigenvalue weighted by atomic mass is 10.2. The molecular formula is C10H13NO3. The number of nitrogens with zero attached hydrogens (tertiary/aromatic N) is 1. The van der Waals surface area contributed by atoms with Crippen molar-refractivity contribution in [1.82, 2.24) is 4.98 Å². The molecule has 0 unspecified atom stereocenters. The lowest BCUT2D eigenvalue weighted by Crippen LogP contribution is -2.12. The minimum absolute atomic E-state index is 0.113. The fourth-order valence-corrected chi connectivity index (χ4v) is 1.00. The molecule has 0 atom stereocenters. The van der Waals surface area contributed by atoms with Crippen LogP contribution < -0.4 is 0 Å². The van der Waals surface area contributed by atoms with E-state index in [4.69, 9.17) is 4.74 Å². The van der Waals surface area contributed by atoms with E-state index in [0.29, 0.717) is 5.69 Å². The van der Waals surface area contributed by atoms with Gasteiger partial charge in [-0.2, -0.15) is 0 Å². The summed E-state index contributed by atoms with van der Waals surface area (Å²) in [5.74, 6) is -0.638. The van der Waals surface area contributed by atoms with Gasteiger partial charge in [-0.3, -0.25) is 4.98 Å². The third-order valence-electron chi connectivity index (χ3n) is 1.67. The van der Waals surface area contributed by atoms with Crippen molar-refractivity contribution in [3.63, 3.8) is 0 Å². The molecule has 0 bridgehead atoms. The number of esters is 1. The second-order valence-corrected chi connectivity index (χ2v) is 3.25. The first-order chi connectivity index (χ1) is 6.52. The summed E-state index contributed by atoms with van der Waals surface area (Å²) in [5, 5.41) is 9.52. The Morgan fingerprint density at radius 1 is 1.57 bits per heavy atom. The number of aromatic hydroxyl groups is 1. The maximum atomic E-state index is 11.4. The van der Waals surface area contributed by atoms with Crippen LogP contribution in [0.2, 0.25) is 0 Å². The predicted octanol–water partition coefficient (Wildman–Crippen LogP) is 1.66. The van der Waals surface area contributed by atoms with Crippen LogP contribution in [-0.4, -0.2) is 22.2 Å². The molecule has 1 aromatic rings. The minimum Gasteiger partial charge on any atom is -0.505 e. The number of rotatable bonds is 2. The van der Waals surface area contributed by atoms with E-state index < -0.39 is 5.97 Å². The molecule has 0 aliphatic rings. The molecule has 0 saturated carbocycles. The predicted molar refractivity (Wildman–Crippen MR) is 51.2 cm³/mol. The minimum atomic E-state index is -0.525. The van der Waals surface area contributed by atoms with Crippen LogP contribution in [0.4, 0.5) is 0 Å². The van der Waals surface area contributed by atoms with Gasteiger partial charge in [0.25, 0.3) is 0 Å². The van der Waals surface area contributed by atoms with Crippen molar-refractivity contribution in [1.29, 1.82) is 0 Å². The highest BCUT2D eigenvalue weighted by molar-refractivity contribution is 5.92. The first kappa shape index (κ1) is 10.5. The maximum absolute atomic E-state index is 11.4. The van der Waals surface area contributed by atoms with E-state index >= 15 is 0 Å². The fraction of sp³-hybridized carbons (Fsp3) is 0.400. The summed E-state index contributed by atoms with van der Waals surface area (Å²) in [6.07, 6.45) is 1.27. The normalized spacial score (nSPS) is 10.3. The highest BCUT2D eigenvalue weighted by Crippen LogP contribution is 2.20. The lowest BCUT2D eigenvalue weighted by molar-refractivity contribution is 0.0374. The highest BCUT2D eigenvalue weighted by Gasteiger charge is 2.15. The Kier molecular flexibility index (Phi) is 3.06. The summed E-state index contributed by atoms with van der Waals surface area (Å²) in [6.45, 7) is 5.13. The molecule has 1 rings (SSSR count). The van der Waals surface area contributed by atoms with Gasteiger partial charge in [-0.05, 0) is 26.8 Å². The molecule has 0 amide bonds. The molecule has 0 aliphatic carbocycles. The topological polar surface area (TPSA) is 59.4 Å². The van der Waals surface area contributed by atoms with E-state index in [2.05, 4.69) is 4.98 Å². The Hall–Kier alpha value is -1.58. The second-order valence-electron chi connectivity index (χ2n) is 3.25. The van der Waals surface area contributed by atoms with Crippen molar-refractivity contribution in [2.24, 2.45) is 0 Å². The van der Waals surface area contributed by atoms with Crippen molar-refractivity contribution >= 4 is 5.97 Å². The molecule has 14 heavy (non-hydrogen) atoms. The SMILES string of the molecule is Cc1nccc(C(=O)OC(C)C)c1O. The summed E-state index contributed by atoms with van der Waals surface area (Å²) in [7, 11) is 0. The van der Waals surface area contributed by atoms with Gasteiger partial charge in [-0.25, -0.2) is 4.79 Å². The van der Waals surface area contributed by atoms with Crippen molar-refractivity contribution in [3.05, 3.63) is 23.5 Å². The Balaban J connectivity index is 2.96. The molecule has 1 heterocycles. The molecule has 1 N–H and O–H groups in total. The van der Waals surface area contributed by atoms with Gasteiger partial charge >= 0.3 is 5.97 Å². The molecule has 1 aromatic heterocycles. The number of hydrogen-bond acceptors (Lipinski definition) is 4. The van der Waals surface area contributed by atoms with Gasteiger partial charge < -0.3 is 9.84 Å². The lowest BCUT2D eigenvalue weighted by Gasteiger charge is -2.09. The fourth-order valence-electron chi connectivity index (χ4n) is 1.00. The van der Waals surface area contributed by atoms with Crippen LogP contribution in [0.1, 0.15) is 29.9 Å². The zero-order valence-electron chi connectivity index (χ0n) is 8.44. The Morgan fingerprint density at radius 2 is 2.21 bits per heavy atom. The summed E-state index contributed by atoms with van der Waals surface area (Å²) in [6, 6.07) is 1.44. The number of carbonyl (C=O) groups excluding carboxylic acids is 1. The molecule has 0 fully saturated rings. The van der Waals surface area contributed by atoms with Gasteiger partial charge in [0.15, 0.2) is 5.75 Å². The molecule has 0 saturated heterocycles. The summed E-state index contributed by atoms with van der Waals surface area (Å²) < 4.78 is 4.95. The maximum Gasteiger partial charge on any atom is 0.342 e. The Labute approximate surface area is 82.5 Å². The largest absolute Gasteiger partial charge is 0.505 e. The number of pyridine rings is 1. The van der Waals surface area contributed by atoms with Crippen LogP contribution in [0.15, 0.2) is 12.3 Å². The zero-order chi connectivity index (χ0) is 10.7. The number of carbonyl (C=O) groups is 1. The average molecular weight is 195 g/mol. The van der Waals surface area contributed by atoms with Gasteiger partial charge in [-0.1, -0.05) is 0 Å². The van der Waals surface area contributed by atoms with Crippen molar-refractivity contribution < 1.29 is 14.6 Å². The van der Waals surface area contributed by atoms with Crippen LogP contribution in [-0.2, 0) is 4.74 Å². The number of ether oxygens (including phenoxy) is 1. The number of hydrogen-bond donors (Lipinski definition) is 1. The quantitative estimate of drug-likeness (QED) is 0.729. The van der Waals surface area contributed by atoms with Gasteiger partial charge in [0.1, 0.15) is 5.56 Å². The van der Waals surface area contributed by atoms with Crippen molar-refractivity contribution in [2.75, 3.05) is 0 Å². The monoisotopic (exact) mass is 195 g/mol. The standard InChI is InChI=1S/C10H13NO3/c1-6(2)14-10(13)8-4-5-11-7(3)9(8)12/h4-6,12H,1-3H3. The van der Waals surface area contributed by atoms with Gasteiger partial charge in [0.05, 0.1) is 11.8 Å². The van der Waals surface area contributed by atoms with Crippen LogP contribution in [0, 0.1) is 6.92 Å². The van der Waals surface area contributed by atoms with Crippen LogP contribution >= 0.6 is 0 Å². The molecule has 0 spiro atoms. The van der Waals surface area contributed by atoms with E-state index in [9.17, 15) is 9.90 Å². The molecule has 4 heteroatoms. The first-order valence-corrected chi connectivity index (χ1v) is 4.38. The molecule has 0 aliphatic heterocycles. The van der Waals surface area contributed by atoms with Crippen LogP contribution in [0.5, 0.6) is 5.75 Å². The Morgan fingerprint density at radius 3 is 2.79 bits per heavy atom. The van der Waals surface area contributed by atoms with E-state index in [-0.39, 0.29) is 17.4 Å². The van der Waals surface area contributed by atoms with Gasteiger partial charge in [-0.15, -0.1) is 0 Å². The number of aromatic nitrogens is 1. The van der Waals surface area contributed by atoms with Gasteiger partial charge in [0, 0.05) is 6.20 Å². The smallest absolute Gasteiger partial charge is 0.342 e. The van der Waals surface area contributed by atoms with Crippen molar-refractivity contribution in [3.8, 4) is 5.75 Å². The van der Waals surface area contributed by atoms with Crippen LogP contribution in [0.3, 0.4) is 0 Å². The summed E-state index contributed by atoms with van der Waals surface area (Å²) >= 11 is 0. The number of aryl methyl sites for hydroxylation is 1. The molecule has 4 nitrogen and oxygen atoms in total. The third kappa shape index (κ3) is 2.22. The van der Waals surface area contributed by atoms with E-state index in [0.717, 1.165) is 0 Å². The zero-order valence-corrected chi connectivity index (χ0v) is 8.44. The van der Waals surface area contributed by atoms with E-state index in [1.54, 1.807) is 20.8 Å².